The van der Waals surface area contributed by atoms with Gasteiger partial charge in [-0.25, -0.2) is 4.39 Å². The molecule has 1 saturated heterocycles. The maximum absolute atomic E-state index is 14.5. The van der Waals surface area contributed by atoms with E-state index in [1.807, 2.05) is 19.9 Å². The Hall–Kier alpha value is -4.62. The van der Waals surface area contributed by atoms with Crippen molar-refractivity contribution in [3.63, 3.8) is 0 Å². The van der Waals surface area contributed by atoms with Crippen LogP contribution in [0.5, 0.6) is 5.75 Å². The Labute approximate surface area is 244 Å². The molecule has 10 heteroatoms. The van der Waals surface area contributed by atoms with E-state index in [1.54, 1.807) is 36.7 Å². The number of pyridine rings is 1. The minimum absolute atomic E-state index is 0.0383. The maximum atomic E-state index is 14.5. The monoisotopic (exact) mass is 570 g/mol. The number of ether oxygens (including phenoxy) is 1. The van der Waals surface area contributed by atoms with Crippen LogP contribution in [-0.4, -0.2) is 65.5 Å². The number of hydrogen-bond acceptors (Lipinski definition) is 6. The number of carbonyl (C=O) groups is 2. The highest BCUT2D eigenvalue weighted by Gasteiger charge is 2.28. The third-order valence-corrected chi connectivity index (χ3v) is 7.26. The third kappa shape index (κ3) is 6.47. The molecule has 4 N–H and O–H groups in total. The fourth-order valence-electron chi connectivity index (χ4n) is 5.25. The number of carbonyl (C=O) groups excluding carboxylic acids is 2. The molecule has 0 saturated carbocycles. The minimum Gasteiger partial charge on any atom is -0.492 e. The van der Waals surface area contributed by atoms with E-state index in [-0.39, 0.29) is 17.6 Å². The Morgan fingerprint density at radius 3 is 2.86 bits per heavy atom. The van der Waals surface area contributed by atoms with E-state index in [2.05, 4.69) is 42.7 Å². The summed E-state index contributed by atoms with van der Waals surface area (Å²) in [4.78, 5) is 35.6. The van der Waals surface area contributed by atoms with E-state index in [1.165, 1.54) is 26.0 Å². The Morgan fingerprint density at radius 1 is 1.26 bits per heavy atom. The van der Waals surface area contributed by atoms with Crippen LogP contribution < -0.4 is 20.7 Å². The molecule has 1 aromatic carbocycles. The van der Waals surface area contributed by atoms with Crippen LogP contribution in [0.1, 0.15) is 48.3 Å². The summed E-state index contributed by atoms with van der Waals surface area (Å²) >= 11 is 0. The van der Waals surface area contributed by atoms with E-state index in [9.17, 15) is 14.0 Å². The highest BCUT2D eigenvalue weighted by atomic mass is 19.1. The molecule has 0 bridgehead atoms. The molecule has 0 spiro atoms. The number of aromatic nitrogens is 2. The van der Waals surface area contributed by atoms with Crippen LogP contribution in [0.3, 0.4) is 0 Å². The lowest BCUT2D eigenvalue weighted by molar-refractivity contribution is -0.117. The topological polar surface area (TPSA) is 111 Å². The normalized spacial score (nSPS) is 15.1. The summed E-state index contributed by atoms with van der Waals surface area (Å²) in [6, 6.07) is 6.37. The summed E-state index contributed by atoms with van der Waals surface area (Å²) in [5.74, 6) is 5.41. The van der Waals surface area contributed by atoms with Gasteiger partial charge in [-0.3, -0.25) is 19.5 Å². The first-order chi connectivity index (χ1) is 20.3. The molecule has 9 nitrogen and oxygen atoms in total. The lowest BCUT2D eigenvalue weighted by atomic mass is 10.0. The number of aromatic amines is 1. The predicted molar refractivity (Wildman–Crippen MR) is 160 cm³/mol. The van der Waals surface area contributed by atoms with Crippen molar-refractivity contribution in [1.82, 2.24) is 25.5 Å². The second-order valence-electron chi connectivity index (χ2n) is 10.9. The number of likely N-dealkylation sites (tertiary alicyclic amines) is 1. The molecule has 3 aromatic rings. The van der Waals surface area contributed by atoms with Crippen LogP contribution in [0.2, 0.25) is 0 Å². The van der Waals surface area contributed by atoms with E-state index in [4.69, 9.17) is 4.74 Å². The number of halogens is 1. The smallest absolute Gasteiger partial charge is 0.255 e. The molecule has 0 atom stereocenters. The van der Waals surface area contributed by atoms with E-state index in [0.29, 0.717) is 46.7 Å². The van der Waals surface area contributed by atoms with Gasteiger partial charge >= 0.3 is 0 Å². The summed E-state index contributed by atoms with van der Waals surface area (Å²) in [6.07, 6.45) is 9.74. The zero-order valence-electron chi connectivity index (χ0n) is 24.1. The quantitative estimate of drug-likeness (QED) is 0.239. The molecule has 0 radical (unpaired) electrons. The molecule has 2 aliphatic rings. The molecule has 2 aromatic heterocycles. The first-order valence-electron chi connectivity index (χ1n) is 14.1. The zero-order chi connectivity index (χ0) is 29.7. The lowest BCUT2D eigenvalue weighted by Crippen LogP contribution is -2.41. The molecule has 4 heterocycles. The summed E-state index contributed by atoms with van der Waals surface area (Å²) in [5.41, 5.74) is 3.15. The van der Waals surface area contributed by atoms with Crippen LogP contribution in [-0.2, 0) is 11.2 Å². The average Bonchev–Trinajstić information content (AvgIpc) is 3.61. The van der Waals surface area contributed by atoms with Crippen molar-refractivity contribution in [2.75, 3.05) is 38.6 Å². The second kappa shape index (κ2) is 12.5. The highest BCUT2D eigenvalue weighted by molar-refractivity contribution is 6.06. The number of hydrogen-bond donors (Lipinski definition) is 4. The molecule has 0 aliphatic carbocycles. The summed E-state index contributed by atoms with van der Waals surface area (Å²) < 4.78 is 19.8. The van der Waals surface area contributed by atoms with Gasteiger partial charge in [0, 0.05) is 49.2 Å². The molecule has 5 rings (SSSR count). The summed E-state index contributed by atoms with van der Waals surface area (Å²) in [5, 5.41) is 9.08. The van der Waals surface area contributed by atoms with Gasteiger partial charge in [0.1, 0.15) is 0 Å². The Bertz CT molecular complexity index is 1580. The minimum atomic E-state index is -0.826. The molecule has 42 heavy (non-hydrogen) atoms. The fraction of sp³-hybridized carbons (Fsp3) is 0.344. The van der Waals surface area contributed by atoms with E-state index >= 15 is 0 Å². The zero-order valence-corrected chi connectivity index (χ0v) is 24.1. The molecule has 0 unspecified atom stereocenters. The van der Waals surface area contributed by atoms with Gasteiger partial charge in [-0.2, -0.15) is 0 Å². The average molecular weight is 571 g/mol. The molecular formula is C32H35FN6O3. The van der Waals surface area contributed by atoms with Crippen molar-refractivity contribution in [3.05, 3.63) is 71.4 Å². The maximum Gasteiger partial charge on any atom is 0.255 e. The van der Waals surface area contributed by atoms with Crippen LogP contribution in [0.15, 0.2) is 48.8 Å². The van der Waals surface area contributed by atoms with Gasteiger partial charge in [-0.1, -0.05) is 24.0 Å². The molecular weight excluding hydrogens is 535 g/mol. The van der Waals surface area contributed by atoms with E-state index in [0.717, 1.165) is 25.3 Å². The summed E-state index contributed by atoms with van der Waals surface area (Å²) in [7, 11) is 1.39. The van der Waals surface area contributed by atoms with Crippen molar-refractivity contribution in [1.29, 1.82) is 0 Å². The lowest BCUT2D eigenvalue weighted by Gasteiger charge is -2.19. The largest absolute Gasteiger partial charge is 0.492 e. The number of nitrogens with one attached hydrogen (secondary N) is 4. The third-order valence-electron chi connectivity index (χ3n) is 7.26. The fourth-order valence-corrected chi connectivity index (χ4v) is 5.25. The number of fused-ring (bicyclic) bond motifs is 1. The van der Waals surface area contributed by atoms with Crippen LogP contribution in [0.25, 0.3) is 11.3 Å². The number of methoxy groups -OCH3 is 1. The molecule has 1 fully saturated rings. The first kappa shape index (κ1) is 28.9. The molecule has 218 valence electrons. The number of rotatable bonds is 8. The SMILES string of the molecule is COc1c(F)cccc1Nc1c(-c2ccncc2C#CC(C)(C)NC(=O)/C=C/CN2CCCC2)[nH]c2c1C(=O)NCC2. The van der Waals surface area contributed by atoms with Crippen molar-refractivity contribution < 1.29 is 18.7 Å². The number of benzene rings is 1. The standard InChI is InChI=1S/C32H35FN6O3/c1-32(2,38-26(40)10-7-19-39-17-4-5-18-39)14-11-21-20-34-15-12-22(21)28-29(27-24(36-28)13-16-35-31(27)41)37-25-9-6-8-23(33)30(25)42-3/h6-10,12,15,20,36-37H,4-5,13,16-19H2,1-3H3,(H,35,41)(H,38,40)/b10-7+. The first-order valence-corrected chi connectivity index (χ1v) is 14.1. The van der Waals surface area contributed by atoms with Crippen molar-refractivity contribution in [3.8, 4) is 28.8 Å². The Balaban J connectivity index is 1.45. The van der Waals surface area contributed by atoms with Gasteiger partial charge in [-0.15, -0.1) is 0 Å². The van der Waals surface area contributed by atoms with Gasteiger partial charge in [0.05, 0.1) is 40.8 Å². The van der Waals surface area contributed by atoms with Gasteiger partial charge in [0.2, 0.25) is 5.91 Å². The Morgan fingerprint density at radius 2 is 2.07 bits per heavy atom. The highest BCUT2D eigenvalue weighted by Crippen LogP contribution is 2.40. The van der Waals surface area contributed by atoms with Crippen molar-refractivity contribution in [2.45, 2.75) is 38.6 Å². The van der Waals surface area contributed by atoms with Crippen molar-refractivity contribution in [2.24, 2.45) is 0 Å². The van der Waals surface area contributed by atoms with Gasteiger partial charge in [-0.05, 0) is 58.0 Å². The number of amides is 2. The number of anilines is 2. The van der Waals surface area contributed by atoms with Crippen molar-refractivity contribution >= 4 is 23.2 Å². The van der Waals surface area contributed by atoms with Crippen LogP contribution >= 0.6 is 0 Å². The summed E-state index contributed by atoms with van der Waals surface area (Å²) in [6.45, 7) is 7.06. The van der Waals surface area contributed by atoms with Gasteiger partial charge in [0.15, 0.2) is 11.6 Å². The van der Waals surface area contributed by atoms with Gasteiger partial charge in [0.25, 0.3) is 5.91 Å². The predicted octanol–water partition coefficient (Wildman–Crippen LogP) is 4.15. The second-order valence-corrected chi connectivity index (χ2v) is 10.9. The van der Waals surface area contributed by atoms with Crippen LogP contribution in [0.4, 0.5) is 15.8 Å². The van der Waals surface area contributed by atoms with E-state index < -0.39 is 11.4 Å². The van der Waals surface area contributed by atoms with Crippen LogP contribution in [0, 0.1) is 17.7 Å². The number of nitrogens with zero attached hydrogens (tertiary/aromatic N) is 2. The molecule has 2 amide bonds. The number of para-hydroxylation sites is 1. The molecule has 2 aliphatic heterocycles. The van der Waals surface area contributed by atoms with Gasteiger partial charge < -0.3 is 25.7 Å². The Kier molecular flexibility index (Phi) is 8.59. The number of H-pyrrole nitrogens is 1.